The second-order valence-corrected chi connectivity index (χ2v) is 13.3. The Morgan fingerprint density at radius 3 is 1.17 bits per heavy atom. The number of amides is 3. The molecule has 0 aromatic carbocycles. The van der Waals surface area contributed by atoms with Crippen LogP contribution in [0.1, 0.15) is 114 Å². The lowest BCUT2D eigenvalue weighted by atomic mass is 10.0. The van der Waals surface area contributed by atoms with Crippen LogP contribution < -0.4 is 0 Å². The van der Waals surface area contributed by atoms with E-state index < -0.39 is 0 Å². The fourth-order valence-electron chi connectivity index (χ4n) is 5.66. The smallest absolute Gasteiger partial charge is 0.223 e. The minimum atomic E-state index is 0.0400. The van der Waals surface area contributed by atoms with Crippen LogP contribution in [0.25, 0.3) is 0 Å². The van der Waals surface area contributed by atoms with Crippen molar-refractivity contribution in [2.24, 2.45) is 11.8 Å². The number of rotatable bonds is 9. The quantitative estimate of drug-likeness (QED) is 0.254. The highest BCUT2D eigenvalue weighted by Gasteiger charge is 2.22. The number of carbonyl (C=O) groups is 3. The summed E-state index contributed by atoms with van der Waals surface area (Å²) in [5, 5.41) is 0. The van der Waals surface area contributed by atoms with Gasteiger partial charge in [0, 0.05) is 19.3 Å². The molecule has 0 saturated carbocycles. The fourth-order valence-corrected chi connectivity index (χ4v) is 5.66. The molecule has 1 unspecified atom stereocenters. The molecule has 0 N–H and O–H groups in total. The molecular formula is C38H52N6O3. The van der Waals surface area contributed by atoms with E-state index in [1.165, 1.54) is 0 Å². The van der Waals surface area contributed by atoms with Crippen LogP contribution in [0, 0.1) is 11.8 Å². The van der Waals surface area contributed by atoms with Crippen molar-refractivity contribution in [3.05, 3.63) is 88.8 Å². The molecule has 3 aromatic heterocycles. The summed E-state index contributed by atoms with van der Waals surface area (Å²) < 4.78 is 0. The van der Waals surface area contributed by atoms with Gasteiger partial charge >= 0.3 is 0 Å². The van der Waals surface area contributed by atoms with Gasteiger partial charge in [0.05, 0.1) is 73.4 Å². The van der Waals surface area contributed by atoms with Gasteiger partial charge in [-0.3, -0.25) is 29.3 Å². The first-order valence-electron chi connectivity index (χ1n) is 17.3. The van der Waals surface area contributed by atoms with Gasteiger partial charge in [0.15, 0.2) is 0 Å². The summed E-state index contributed by atoms with van der Waals surface area (Å²) in [6, 6.07) is 17.4. The zero-order valence-electron chi connectivity index (χ0n) is 29.0. The third-order valence-corrected chi connectivity index (χ3v) is 8.72. The van der Waals surface area contributed by atoms with Gasteiger partial charge in [0.1, 0.15) is 0 Å². The Labute approximate surface area is 280 Å². The normalized spacial score (nSPS) is 14.8. The highest BCUT2D eigenvalue weighted by Crippen LogP contribution is 2.19. The Bertz CT molecular complexity index is 1490. The minimum absolute atomic E-state index is 0.0400. The zero-order chi connectivity index (χ0) is 33.8. The van der Waals surface area contributed by atoms with Gasteiger partial charge in [-0.2, -0.15) is 0 Å². The van der Waals surface area contributed by atoms with E-state index in [-0.39, 0.29) is 17.7 Å². The molecule has 4 heterocycles. The van der Waals surface area contributed by atoms with Crippen molar-refractivity contribution in [2.45, 2.75) is 119 Å². The molecule has 0 fully saturated rings. The largest absolute Gasteiger partial charge is 0.331 e. The molecule has 0 spiro atoms. The minimum Gasteiger partial charge on any atom is -0.331 e. The monoisotopic (exact) mass is 640 g/mol. The summed E-state index contributed by atoms with van der Waals surface area (Å²) in [6.45, 7) is 12.6. The number of pyridine rings is 3. The molecule has 47 heavy (non-hydrogen) atoms. The van der Waals surface area contributed by atoms with Crippen molar-refractivity contribution in [1.29, 1.82) is 0 Å². The predicted octanol–water partition coefficient (Wildman–Crippen LogP) is 6.83. The molecule has 0 saturated heterocycles. The summed E-state index contributed by atoms with van der Waals surface area (Å²) in [5.74, 6) is 1.03. The van der Waals surface area contributed by atoms with Crippen molar-refractivity contribution in [1.82, 2.24) is 29.7 Å². The van der Waals surface area contributed by atoms with Gasteiger partial charge in [-0.15, -0.1) is 0 Å². The molecule has 4 rings (SSSR count). The number of hydrogen-bond donors (Lipinski definition) is 0. The lowest BCUT2D eigenvalue weighted by Crippen LogP contribution is -2.33. The molecule has 1 aliphatic rings. The third-order valence-electron chi connectivity index (χ3n) is 8.72. The number of nitrogens with zero attached hydrogens (tertiary/aromatic N) is 6. The van der Waals surface area contributed by atoms with E-state index in [1.807, 2.05) is 71.3 Å². The van der Waals surface area contributed by atoms with Crippen LogP contribution >= 0.6 is 0 Å². The van der Waals surface area contributed by atoms with Crippen molar-refractivity contribution in [2.75, 3.05) is 0 Å². The lowest BCUT2D eigenvalue weighted by molar-refractivity contribution is -0.133. The maximum Gasteiger partial charge on any atom is 0.223 e. The number of aromatic nitrogens is 3. The second-order valence-electron chi connectivity index (χ2n) is 13.3. The maximum atomic E-state index is 13.7. The summed E-state index contributed by atoms with van der Waals surface area (Å²) in [4.78, 5) is 60.8. The maximum absolute atomic E-state index is 13.7. The zero-order valence-corrected chi connectivity index (χ0v) is 29.0. The van der Waals surface area contributed by atoms with Crippen LogP contribution in [0.4, 0.5) is 0 Å². The van der Waals surface area contributed by atoms with Gasteiger partial charge < -0.3 is 14.7 Å². The predicted molar refractivity (Wildman–Crippen MR) is 183 cm³/mol. The summed E-state index contributed by atoms with van der Waals surface area (Å²) in [5.41, 5.74) is 4.58. The van der Waals surface area contributed by atoms with E-state index in [9.17, 15) is 14.4 Å². The Kier molecular flexibility index (Phi) is 13.4. The summed E-state index contributed by atoms with van der Waals surface area (Å²) >= 11 is 0. The molecule has 1 aliphatic heterocycles. The Balaban J connectivity index is 1.74. The molecule has 1 atom stereocenters. The third kappa shape index (κ3) is 11.3. The standard InChI is InChI=1S/C38H52N6O3/c1-6-11-36(45)42-22-30-12-8-14-32(39-30)24-43(37(46)20-18-28(3)4)25-33-15-10-17-35(41-33)27-44(38(47)21-19-29(5)7-2)26-34-16-9-13-31(23-42)40-34/h8-10,12-17,28-29H,6-7,11,18-27H2,1-5H3. The van der Waals surface area contributed by atoms with Gasteiger partial charge in [-0.05, 0) is 67.5 Å². The van der Waals surface area contributed by atoms with Crippen LogP contribution in [-0.4, -0.2) is 47.4 Å². The SMILES string of the molecule is CCCC(=O)N1Cc2cccc(n2)CN(C(=O)CCC(C)C)Cc2cccc(n2)CN(C(=O)CCC(C)CC)Cc2cccc(n2)C1. The van der Waals surface area contributed by atoms with Gasteiger partial charge in [0.25, 0.3) is 0 Å². The lowest BCUT2D eigenvalue weighted by Gasteiger charge is -2.26. The van der Waals surface area contributed by atoms with E-state index >= 15 is 0 Å². The first-order valence-corrected chi connectivity index (χ1v) is 17.3. The molecule has 9 heteroatoms. The fraction of sp³-hybridized carbons (Fsp3) is 0.526. The van der Waals surface area contributed by atoms with E-state index in [0.717, 1.165) is 59.8 Å². The average Bonchev–Trinajstić information content (AvgIpc) is 3.05. The molecule has 252 valence electrons. The van der Waals surface area contributed by atoms with Crippen molar-refractivity contribution in [3.63, 3.8) is 0 Å². The van der Waals surface area contributed by atoms with Crippen molar-refractivity contribution in [3.8, 4) is 0 Å². The molecule has 6 bridgehead atoms. The first kappa shape index (κ1) is 35.7. The molecule has 0 aliphatic carbocycles. The molecule has 3 amide bonds. The van der Waals surface area contributed by atoms with E-state index in [2.05, 4.69) is 27.7 Å². The average molecular weight is 641 g/mol. The summed E-state index contributed by atoms with van der Waals surface area (Å²) in [6.07, 6.45) is 4.72. The number of carbonyl (C=O) groups excluding carboxylic acids is 3. The Morgan fingerprint density at radius 2 is 0.872 bits per heavy atom. The van der Waals surface area contributed by atoms with Crippen LogP contribution in [0.3, 0.4) is 0 Å². The van der Waals surface area contributed by atoms with E-state index in [4.69, 9.17) is 15.0 Å². The Morgan fingerprint density at radius 1 is 0.553 bits per heavy atom. The van der Waals surface area contributed by atoms with E-state index in [1.54, 1.807) is 4.90 Å². The van der Waals surface area contributed by atoms with Gasteiger partial charge in [0.2, 0.25) is 17.7 Å². The van der Waals surface area contributed by atoms with Crippen LogP contribution in [0.5, 0.6) is 0 Å². The highest BCUT2D eigenvalue weighted by molar-refractivity contribution is 5.77. The van der Waals surface area contributed by atoms with Crippen molar-refractivity contribution < 1.29 is 14.4 Å². The molecule has 0 radical (unpaired) electrons. The Hall–Kier alpha value is -4.14. The first-order chi connectivity index (χ1) is 22.6. The number of hydrogen-bond acceptors (Lipinski definition) is 6. The molecular weight excluding hydrogens is 588 g/mol. The van der Waals surface area contributed by atoms with Gasteiger partial charge in [-0.1, -0.05) is 59.2 Å². The highest BCUT2D eigenvalue weighted by atomic mass is 16.2. The number of fused-ring (bicyclic) bond motifs is 6. The van der Waals surface area contributed by atoms with Crippen LogP contribution in [-0.2, 0) is 53.7 Å². The van der Waals surface area contributed by atoms with E-state index in [0.29, 0.717) is 70.4 Å². The van der Waals surface area contributed by atoms with Crippen molar-refractivity contribution >= 4 is 17.7 Å². The van der Waals surface area contributed by atoms with Crippen LogP contribution in [0.2, 0.25) is 0 Å². The molecule has 3 aromatic rings. The second kappa shape index (κ2) is 17.7. The van der Waals surface area contributed by atoms with Gasteiger partial charge in [-0.25, -0.2) is 0 Å². The summed E-state index contributed by atoms with van der Waals surface area (Å²) in [7, 11) is 0. The topological polar surface area (TPSA) is 99.6 Å². The molecule has 9 nitrogen and oxygen atoms in total. The van der Waals surface area contributed by atoms with Crippen LogP contribution in [0.15, 0.2) is 54.6 Å².